The van der Waals surface area contributed by atoms with E-state index in [0.29, 0.717) is 11.3 Å². The molecule has 0 atom stereocenters. The summed E-state index contributed by atoms with van der Waals surface area (Å²) in [5, 5.41) is 32.6. The molecule has 0 fully saturated rings. The Morgan fingerprint density at radius 1 is 1.27 bits per heavy atom. The summed E-state index contributed by atoms with van der Waals surface area (Å²) in [6.07, 6.45) is 2.74. The van der Waals surface area contributed by atoms with E-state index >= 15 is 0 Å². The number of aliphatic imine (C=N–C) groups is 1. The second kappa shape index (κ2) is 9.42. The number of aromatic nitrogens is 1. The average molecular weight is 405 g/mol. The Balaban J connectivity index is 0.000000745. The molecule has 22 heavy (non-hydrogen) atoms. The summed E-state index contributed by atoms with van der Waals surface area (Å²) in [4.78, 5) is 12.5. The van der Waals surface area contributed by atoms with Crippen LogP contribution in [0.5, 0.6) is 11.5 Å². The predicted octanol–water partition coefficient (Wildman–Crippen LogP) is 1.57. The van der Waals surface area contributed by atoms with Crippen molar-refractivity contribution in [2.24, 2.45) is 4.99 Å². The molecule has 1 aromatic heterocycles. The van der Waals surface area contributed by atoms with Crippen molar-refractivity contribution < 1.29 is 15.3 Å². The van der Waals surface area contributed by atoms with Crippen molar-refractivity contribution in [1.82, 2.24) is 4.98 Å². The van der Waals surface area contributed by atoms with Crippen LogP contribution >= 0.6 is 0 Å². The van der Waals surface area contributed by atoms with E-state index in [0.717, 1.165) is 0 Å². The normalized spacial score (nSPS) is 10.0. The van der Waals surface area contributed by atoms with Crippen LogP contribution in [0.2, 0.25) is 9.88 Å². The molecule has 2 rings (SSSR count). The average Bonchev–Trinajstić information content (AvgIpc) is 2.51. The van der Waals surface area contributed by atoms with Gasteiger partial charge in [0.15, 0.2) is 0 Å². The summed E-state index contributed by atoms with van der Waals surface area (Å²) in [5.74, 6) is -0.513. The minimum absolute atomic E-state index is 0.220. The van der Waals surface area contributed by atoms with Crippen LogP contribution in [0.1, 0.15) is 16.8 Å². The zero-order valence-electron chi connectivity index (χ0n) is 12.8. The van der Waals surface area contributed by atoms with Crippen LogP contribution < -0.4 is 10.2 Å². The van der Waals surface area contributed by atoms with E-state index in [9.17, 15) is 15.3 Å². The first-order valence-electron chi connectivity index (χ1n) is 6.70. The van der Waals surface area contributed by atoms with Crippen LogP contribution in [-0.4, -0.2) is 37.4 Å². The summed E-state index contributed by atoms with van der Waals surface area (Å²) in [5.41, 5.74) is 1.23. The molecule has 0 radical (unpaired) electrons. The molecule has 5 nitrogen and oxygen atoms in total. The number of aryl methyl sites for hydroxylation is 1. The van der Waals surface area contributed by atoms with Gasteiger partial charge in [0.1, 0.15) is 0 Å². The van der Waals surface area contributed by atoms with Gasteiger partial charge < -0.3 is 15.3 Å². The van der Waals surface area contributed by atoms with Crippen molar-refractivity contribution in [2.75, 3.05) is 0 Å². The van der Waals surface area contributed by atoms with Gasteiger partial charge in [-0.25, -0.2) is 0 Å². The number of rotatable bonds is 3. The third-order valence-corrected chi connectivity index (χ3v) is 2.70. The monoisotopic (exact) mass is 406 g/mol. The number of hydrogen-bond acceptors (Lipinski definition) is 5. The van der Waals surface area contributed by atoms with E-state index in [2.05, 4.69) is 19.9 Å². The Morgan fingerprint density at radius 2 is 1.91 bits per heavy atom. The van der Waals surface area contributed by atoms with Crippen molar-refractivity contribution in [3.63, 3.8) is 0 Å². The van der Waals surface area contributed by atoms with E-state index in [1.54, 1.807) is 25.1 Å². The van der Waals surface area contributed by atoms with Gasteiger partial charge in [-0.1, -0.05) is 29.7 Å². The predicted molar refractivity (Wildman–Crippen MR) is 85.0 cm³/mol. The topological polar surface area (TPSA) is 91.6 Å². The number of aliphatic hydroxyl groups excluding tert-OH is 1. The van der Waals surface area contributed by atoms with Gasteiger partial charge in [-0.3, -0.25) is 9.98 Å². The van der Waals surface area contributed by atoms with Crippen molar-refractivity contribution in [1.29, 1.82) is 0 Å². The van der Waals surface area contributed by atoms with E-state index in [-0.39, 0.29) is 50.5 Å². The SMILES string of the molecule is Cc1ncc(CO)c(C=Nc2ccccc2[O-])c1[O-].[CH3][Sn+2][CH3]. The Morgan fingerprint density at radius 3 is 2.50 bits per heavy atom. The molecule has 0 aliphatic heterocycles. The van der Waals surface area contributed by atoms with E-state index in [1.165, 1.54) is 18.5 Å². The maximum absolute atomic E-state index is 11.9. The first-order chi connectivity index (χ1) is 10.5. The molecule has 6 heteroatoms. The van der Waals surface area contributed by atoms with Gasteiger partial charge in [-0.15, -0.1) is 0 Å². The van der Waals surface area contributed by atoms with Gasteiger partial charge in [0, 0.05) is 23.7 Å². The second-order valence-corrected chi connectivity index (χ2v) is 7.35. The molecule has 1 aromatic carbocycles. The van der Waals surface area contributed by atoms with Crippen LogP contribution in [0.15, 0.2) is 35.5 Å². The number of nitrogens with zero attached hydrogens (tertiary/aromatic N) is 2. The molecule has 0 spiro atoms. The zero-order chi connectivity index (χ0) is 16.5. The molecule has 0 aliphatic carbocycles. The molecule has 0 saturated carbocycles. The Labute approximate surface area is 140 Å². The third kappa shape index (κ3) is 4.99. The molecular formula is C16H18N2O3Sn. The first kappa shape index (κ1) is 18.4. The summed E-state index contributed by atoms with van der Waals surface area (Å²) in [7, 11) is 0. The minimum atomic E-state index is -0.303. The van der Waals surface area contributed by atoms with Gasteiger partial charge in [0.2, 0.25) is 0 Å². The van der Waals surface area contributed by atoms with E-state index in [1.807, 2.05) is 0 Å². The van der Waals surface area contributed by atoms with Crippen LogP contribution in [-0.2, 0) is 6.61 Å². The number of benzene rings is 1. The molecular weight excluding hydrogens is 387 g/mol. The Hall–Kier alpha value is -1.60. The molecule has 1 heterocycles. The molecule has 0 saturated heterocycles. The summed E-state index contributed by atoms with van der Waals surface area (Å²) in [6, 6.07) is 6.28. The molecule has 0 amide bonds. The molecule has 1 N–H and O–H groups in total. The number of pyridine rings is 1. The van der Waals surface area contributed by atoms with E-state index in [4.69, 9.17) is 0 Å². The molecule has 0 bridgehead atoms. The molecule has 0 unspecified atom stereocenters. The van der Waals surface area contributed by atoms with Crippen molar-refractivity contribution in [3.05, 3.63) is 47.3 Å². The van der Waals surface area contributed by atoms with Crippen molar-refractivity contribution in [3.8, 4) is 11.5 Å². The van der Waals surface area contributed by atoms with Crippen molar-refractivity contribution >= 4 is 33.0 Å². The Kier molecular flexibility index (Phi) is 7.90. The Bertz CT molecular complexity index is 645. The van der Waals surface area contributed by atoms with Gasteiger partial charge in [0.05, 0.1) is 12.3 Å². The summed E-state index contributed by atoms with van der Waals surface area (Å²) in [6.45, 7) is 1.28. The quantitative estimate of drug-likeness (QED) is 0.620. The molecule has 0 aliphatic rings. The maximum atomic E-state index is 11.9. The number of hydrogen-bond donors (Lipinski definition) is 1. The van der Waals surface area contributed by atoms with Gasteiger partial charge >= 0.3 is 31.0 Å². The molecule has 2 aromatic rings. The molecule has 114 valence electrons. The van der Waals surface area contributed by atoms with Gasteiger partial charge in [0.25, 0.3) is 0 Å². The van der Waals surface area contributed by atoms with Gasteiger partial charge in [-0.05, 0) is 18.6 Å². The van der Waals surface area contributed by atoms with Crippen LogP contribution in [0.25, 0.3) is 0 Å². The third-order valence-electron chi connectivity index (χ3n) is 2.70. The fraction of sp³-hybridized carbons (Fsp3) is 0.250. The van der Waals surface area contributed by atoms with Crippen molar-refractivity contribution in [2.45, 2.75) is 23.4 Å². The summed E-state index contributed by atoms with van der Waals surface area (Å²) < 4.78 is 0. The summed E-state index contributed by atoms with van der Waals surface area (Å²) >= 11 is 0.230. The second-order valence-electron chi connectivity index (χ2n) is 4.50. The number of para-hydroxylation sites is 2. The number of aliphatic hydroxyl groups is 1. The van der Waals surface area contributed by atoms with E-state index < -0.39 is 0 Å². The standard InChI is InChI=1S/C14H14N2O3.2CH3.Sn/c1-9-14(19)11(10(8-17)6-15-9)7-16-12-4-2-3-5-13(12)18;;;/h2-7,17-19H,8H2,1H3;2*1H3;/q;;;+2/p-2. The van der Waals surface area contributed by atoms with Crippen LogP contribution in [0, 0.1) is 6.92 Å². The zero-order valence-corrected chi connectivity index (χ0v) is 15.7. The van der Waals surface area contributed by atoms with Crippen LogP contribution in [0.3, 0.4) is 0 Å². The van der Waals surface area contributed by atoms with Gasteiger partial charge in [-0.2, -0.15) is 0 Å². The fourth-order valence-corrected chi connectivity index (χ4v) is 1.61. The fourth-order valence-electron chi connectivity index (χ4n) is 1.61. The first-order valence-corrected chi connectivity index (χ1v) is 12.4. The van der Waals surface area contributed by atoms with Crippen LogP contribution in [0.4, 0.5) is 5.69 Å².